The number of hydrogen-bond donors (Lipinski definition) is 0. The van der Waals surface area contributed by atoms with Gasteiger partial charge in [-0.3, -0.25) is 14.5 Å². The zero-order valence-electron chi connectivity index (χ0n) is 22.4. The maximum Gasteiger partial charge on any atom is 0.319 e. The van der Waals surface area contributed by atoms with Crippen LogP contribution in [0.4, 0.5) is 5.69 Å². The average Bonchev–Trinajstić information content (AvgIpc) is 3.46. The summed E-state index contributed by atoms with van der Waals surface area (Å²) in [6.07, 6.45) is 3.02. The molecule has 40 heavy (non-hydrogen) atoms. The van der Waals surface area contributed by atoms with Gasteiger partial charge in [0, 0.05) is 31.6 Å². The number of halogens is 2. The van der Waals surface area contributed by atoms with Crippen molar-refractivity contribution in [1.82, 2.24) is 24.1 Å². The van der Waals surface area contributed by atoms with Crippen LogP contribution in [0, 0.1) is 0 Å². The van der Waals surface area contributed by atoms with Gasteiger partial charge in [-0.2, -0.15) is 4.98 Å². The molecule has 3 aromatic heterocycles. The maximum atomic E-state index is 14.2. The second-order valence-electron chi connectivity index (χ2n) is 9.21. The van der Waals surface area contributed by atoms with Crippen LogP contribution in [-0.4, -0.2) is 57.9 Å². The van der Waals surface area contributed by atoms with Gasteiger partial charge >= 0.3 is 6.01 Å². The number of ether oxygens (including phenoxy) is 3. The van der Waals surface area contributed by atoms with E-state index in [1.807, 2.05) is 23.6 Å². The Kier molecular flexibility index (Phi) is 7.54. The number of carbonyl (C=O) groups excluding carboxylic acids is 1. The maximum absolute atomic E-state index is 14.2. The molecule has 0 spiro atoms. The molecular formula is C27H26Cl2N6O5. The Balaban J connectivity index is 1.82. The monoisotopic (exact) mass is 584 g/mol. The number of hydrogen-bond acceptors (Lipinski definition) is 8. The van der Waals surface area contributed by atoms with Gasteiger partial charge in [-0.15, -0.1) is 0 Å². The molecule has 208 valence electrons. The number of imidazole rings is 1. The number of pyridine rings is 1. The van der Waals surface area contributed by atoms with Crippen molar-refractivity contribution in [2.75, 3.05) is 32.8 Å². The van der Waals surface area contributed by atoms with Crippen LogP contribution in [-0.2, 0) is 11.8 Å². The van der Waals surface area contributed by atoms with Crippen molar-refractivity contribution in [1.29, 1.82) is 0 Å². The summed E-state index contributed by atoms with van der Waals surface area (Å²) in [6, 6.07) is 7.65. The highest BCUT2D eigenvalue weighted by Crippen LogP contribution is 2.45. The third kappa shape index (κ3) is 4.59. The molecule has 1 aliphatic rings. The number of rotatable bonds is 8. The molecule has 0 saturated heterocycles. The molecule has 0 fully saturated rings. The summed E-state index contributed by atoms with van der Waals surface area (Å²) in [5.74, 6) is 0.157. The molecule has 13 heteroatoms. The van der Waals surface area contributed by atoms with Crippen LogP contribution < -0.4 is 19.9 Å². The van der Waals surface area contributed by atoms with Crippen molar-refractivity contribution < 1.29 is 19.0 Å². The third-order valence-electron chi connectivity index (χ3n) is 6.66. The van der Waals surface area contributed by atoms with Gasteiger partial charge in [0.1, 0.15) is 17.6 Å². The van der Waals surface area contributed by atoms with Crippen LogP contribution in [0.2, 0.25) is 10.0 Å². The molecule has 11 nitrogen and oxygen atoms in total. The lowest BCUT2D eigenvalue weighted by atomic mass is 10.0. The number of benzene rings is 1. The zero-order chi connectivity index (χ0) is 28.7. The van der Waals surface area contributed by atoms with Crippen LogP contribution in [0.15, 0.2) is 47.5 Å². The smallest absolute Gasteiger partial charge is 0.319 e. The molecule has 5 rings (SSSR count). The number of aryl methyl sites for hydroxylation is 1. The number of anilines is 1. The van der Waals surface area contributed by atoms with Crippen molar-refractivity contribution in [2.24, 2.45) is 7.05 Å². The Morgan fingerprint density at radius 2 is 1.75 bits per heavy atom. The molecule has 1 aromatic carbocycles. The number of fused-ring (bicyclic) bond motifs is 1. The van der Waals surface area contributed by atoms with Crippen molar-refractivity contribution >= 4 is 34.8 Å². The van der Waals surface area contributed by atoms with E-state index < -0.39 is 11.9 Å². The third-order valence-corrected chi connectivity index (χ3v) is 7.12. The van der Waals surface area contributed by atoms with Gasteiger partial charge in [0.2, 0.25) is 5.88 Å². The first-order valence-corrected chi connectivity index (χ1v) is 13.0. The summed E-state index contributed by atoms with van der Waals surface area (Å²) in [4.78, 5) is 42.3. The number of methoxy groups -OCH3 is 3. The largest absolute Gasteiger partial charge is 0.480 e. The van der Waals surface area contributed by atoms with E-state index in [0.717, 1.165) is 0 Å². The normalized spacial score (nSPS) is 15.3. The minimum atomic E-state index is -0.739. The summed E-state index contributed by atoms with van der Waals surface area (Å²) < 4.78 is 19.4. The highest BCUT2D eigenvalue weighted by Gasteiger charge is 2.46. The molecule has 0 saturated carbocycles. The molecule has 2 unspecified atom stereocenters. The Bertz CT molecular complexity index is 1650. The fourth-order valence-electron chi connectivity index (χ4n) is 4.95. The molecule has 0 N–H and O–H groups in total. The molecule has 1 amide bonds. The topological polar surface area (TPSA) is 114 Å². The lowest BCUT2D eigenvalue weighted by molar-refractivity contribution is 0.0989. The SMILES string of the molecule is COCC(C)n1c(-c2cnc(OC)nc2OC)nc2c1C(c1ccc(Cl)cc1)N(c1cc(Cl)cn(C)c1=O)C2=O. The van der Waals surface area contributed by atoms with E-state index in [1.165, 1.54) is 42.1 Å². The predicted molar refractivity (Wildman–Crippen MR) is 150 cm³/mol. The lowest BCUT2D eigenvalue weighted by Crippen LogP contribution is -2.36. The van der Waals surface area contributed by atoms with Gasteiger partial charge in [-0.25, -0.2) is 9.97 Å². The first-order chi connectivity index (χ1) is 19.2. The van der Waals surface area contributed by atoms with E-state index in [-0.39, 0.29) is 34.9 Å². The van der Waals surface area contributed by atoms with Crippen molar-refractivity contribution in [3.8, 4) is 23.3 Å². The molecule has 0 radical (unpaired) electrons. The Hall–Kier alpha value is -3.93. The number of amides is 1. The van der Waals surface area contributed by atoms with Crippen molar-refractivity contribution in [3.63, 3.8) is 0 Å². The average molecular weight is 585 g/mol. The standard InChI is InChI=1S/C27H26Cl2N6O5/c1-14(13-38-3)34-22-20(31-23(34)18-11-30-27(40-5)32-24(18)39-4)26(37)35(19-10-17(29)12-33(2)25(19)36)21(22)15-6-8-16(28)9-7-15/h6-12,14,21H,13H2,1-5H3. The summed E-state index contributed by atoms with van der Waals surface area (Å²) >= 11 is 12.6. The van der Waals surface area contributed by atoms with Gasteiger partial charge in [0.05, 0.1) is 43.1 Å². The van der Waals surface area contributed by atoms with E-state index in [1.54, 1.807) is 26.3 Å². The fraction of sp³-hybridized carbons (Fsp3) is 0.296. The van der Waals surface area contributed by atoms with Gasteiger partial charge in [-0.1, -0.05) is 35.3 Å². The summed E-state index contributed by atoms with van der Waals surface area (Å²) in [5.41, 5.74) is 1.63. The van der Waals surface area contributed by atoms with E-state index in [2.05, 4.69) is 9.97 Å². The van der Waals surface area contributed by atoms with Crippen LogP contribution in [0.5, 0.6) is 11.9 Å². The Morgan fingerprint density at radius 1 is 1.02 bits per heavy atom. The van der Waals surface area contributed by atoms with E-state index in [4.69, 9.17) is 42.4 Å². The highest BCUT2D eigenvalue weighted by atomic mass is 35.5. The number of carbonyl (C=O) groups is 1. The highest BCUT2D eigenvalue weighted by molar-refractivity contribution is 6.31. The van der Waals surface area contributed by atoms with Gasteiger partial charge in [-0.05, 0) is 30.7 Å². The zero-order valence-corrected chi connectivity index (χ0v) is 23.9. The second-order valence-corrected chi connectivity index (χ2v) is 10.1. The van der Waals surface area contributed by atoms with Crippen molar-refractivity contribution in [3.05, 3.63) is 80.1 Å². The van der Waals surface area contributed by atoms with E-state index >= 15 is 0 Å². The van der Waals surface area contributed by atoms with Crippen LogP contribution in [0.1, 0.15) is 40.8 Å². The Labute approximate surface area is 239 Å². The van der Waals surface area contributed by atoms with Crippen LogP contribution >= 0.6 is 23.2 Å². The van der Waals surface area contributed by atoms with Gasteiger partial charge in [0.25, 0.3) is 11.5 Å². The van der Waals surface area contributed by atoms with E-state index in [0.29, 0.717) is 39.3 Å². The molecule has 2 atom stereocenters. The predicted octanol–water partition coefficient (Wildman–Crippen LogP) is 4.32. The summed E-state index contributed by atoms with van der Waals surface area (Å²) in [7, 11) is 6.10. The van der Waals surface area contributed by atoms with Gasteiger partial charge < -0.3 is 23.3 Å². The Morgan fingerprint density at radius 3 is 2.40 bits per heavy atom. The van der Waals surface area contributed by atoms with Crippen LogP contribution in [0.3, 0.4) is 0 Å². The van der Waals surface area contributed by atoms with Gasteiger partial charge in [0.15, 0.2) is 5.69 Å². The minimum absolute atomic E-state index is 0.120. The molecule has 4 heterocycles. The quantitative estimate of drug-likeness (QED) is 0.301. The first kappa shape index (κ1) is 27.6. The summed E-state index contributed by atoms with van der Waals surface area (Å²) in [5, 5.41) is 0.835. The second kappa shape index (κ2) is 10.9. The fourth-order valence-corrected chi connectivity index (χ4v) is 5.33. The van der Waals surface area contributed by atoms with E-state index in [9.17, 15) is 9.59 Å². The molecule has 1 aliphatic heterocycles. The lowest BCUT2D eigenvalue weighted by Gasteiger charge is -2.29. The minimum Gasteiger partial charge on any atom is -0.480 e. The van der Waals surface area contributed by atoms with Crippen molar-refractivity contribution in [2.45, 2.75) is 19.0 Å². The molecule has 0 aliphatic carbocycles. The number of aromatic nitrogens is 5. The molecular weight excluding hydrogens is 559 g/mol. The number of nitrogens with zero attached hydrogens (tertiary/aromatic N) is 6. The molecule has 4 aromatic rings. The first-order valence-electron chi connectivity index (χ1n) is 12.2. The van der Waals surface area contributed by atoms with Crippen LogP contribution in [0.25, 0.3) is 11.4 Å². The molecule has 0 bridgehead atoms. The summed E-state index contributed by atoms with van der Waals surface area (Å²) in [6.45, 7) is 2.24.